The Kier molecular flexibility index (Phi) is 2.93. The van der Waals surface area contributed by atoms with Crippen LogP contribution in [0.4, 0.5) is 0 Å². The molecule has 3 heterocycles. The van der Waals surface area contributed by atoms with E-state index in [-0.39, 0.29) is 0 Å². The van der Waals surface area contributed by atoms with Gasteiger partial charge in [-0.15, -0.1) is 0 Å². The van der Waals surface area contributed by atoms with Crippen LogP contribution in [0.3, 0.4) is 0 Å². The van der Waals surface area contributed by atoms with E-state index in [1.54, 1.807) is 0 Å². The third kappa shape index (κ3) is 2.13. The van der Waals surface area contributed by atoms with Crippen LogP contribution in [0.5, 0.6) is 0 Å². The highest BCUT2D eigenvalue weighted by atomic mass is 15.2. The molecule has 1 fully saturated rings. The van der Waals surface area contributed by atoms with Crippen molar-refractivity contribution < 1.29 is 0 Å². The van der Waals surface area contributed by atoms with E-state index in [4.69, 9.17) is 4.98 Å². The Morgan fingerprint density at radius 3 is 2.88 bits per heavy atom. The van der Waals surface area contributed by atoms with Crippen LogP contribution >= 0.6 is 0 Å². The van der Waals surface area contributed by atoms with Crippen molar-refractivity contribution in [3.05, 3.63) is 17.7 Å². The molecule has 0 atom stereocenters. The van der Waals surface area contributed by atoms with Crippen molar-refractivity contribution >= 4 is 0 Å². The number of piperidine rings is 1. The highest BCUT2D eigenvalue weighted by Crippen LogP contribution is 2.13. The van der Waals surface area contributed by atoms with E-state index in [2.05, 4.69) is 21.0 Å². The number of hydrogen-bond donors (Lipinski definition) is 1. The lowest BCUT2D eigenvalue weighted by molar-refractivity contribution is 0.218. The first kappa shape index (κ1) is 10.3. The Hall–Kier alpha value is -0.870. The number of nitrogens with zero attached hydrogens (tertiary/aromatic N) is 3. The molecule has 3 rings (SSSR count). The fourth-order valence-electron chi connectivity index (χ4n) is 2.67. The molecule has 16 heavy (non-hydrogen) atoms. The molecule has 2 aliphatic rings. The van der Waals surface area contributed by atoms with Crippen molar-refractivity contribution in [3.8, 4) is 0 Å². The fourth-order valence-corrected chi connectivity index (χ4v) is 2.67. The Morgan fingerprint density at radius 2 is 2.06 bits per heavy atom. The van der Waals surface area contributed by atoms with E-state index < -0.39 is 0 Å². The van der Waals surface area contributed by atoms with Crippen molar-refractivity contribution in [2.75, 3.05) is 19.6 Å². The first-order valence-corrected chi connectivity index (χ1v) is 6.40. The lowest BCUT2D eigenvalue weighted by Crippen LogP contribution is -2.29. The van der Waals surface area contributed by atoms with Crippen LogP contribution < -0.4 is 5.32 Å². The summed E-state index contributed by atoms with van der Waals surface area (Å²) >= 11 is 0. The van der Waals surface area contributed by atoms with E-state index in [1.165, 1.54) is 43.9 Å². The van der Waals surface area contributed by atoms with Crippen LogP contribution in [0.15, 0.2) is 6.20 Å². The smallest absolute Gasteiger partial charge is 0.123 e. The number of rotatable bonds is 2. The van der Waals surface area contributed by atoms with Crippen molar-refractivity contribution in [1.82, 2.24) is 19.8 Å². The molecule has 88 valence electrons. The molecular formula is C12H20N4. The number of fused-ring (bicyclic) bond motifs is 1. The topological polar surface area (TPSA) is 33.1 Å². The van der Waals surface area contributed by atoms with Gasteiger partial charge in [-0.2, -0.15) is 0 Å². The second-order valence-electron chi connectivity index (χ2n) is 4.86. The van der Waals surface area contributed by atoms with E-state index in [9.17, 15) is 0 Å². The highest BCUT2D eigenvalue weighted by molar-refractivity contribution is 5.06. The molecule has 4 heteroatoms. The molecule has 0 bridgehead atoms. The molecule has 1 aromatic heterocycles. The third-order valence-electron chi connectivity index (χ3n) is 3.56. The summed E-state index contributed by atoms with van der Waals surface area (Å²) in [4.78, 5) is 7.24. The molecule has 2 aliphatic heterocycles. The lowest BCUT2D eigenvalue weighted by Gasteiger charge is -2.25. The Labute approximate surface area is 96.7 Å². The average molecular weight is 220 g/mol. The van der Waals surface area contributed by atoms with Crippen LogP contribution in [0, 0.1) is 0 Å². The minimum atomic E-state index is 0.931. The second-order valence-corrected chi connectivity index (χ2v) is 4.86. The van der Waals surface area contributed by atoms with Crippen LogP contribution in [0.25, 0.3) is 0 Å². The van der Waals surface area contributed by atoms with Crippen LogP contribution in [-0.4, -0.2) is 34.1 Å². The summed E-state index contributed by atoms with van der Waals surface area (Å²) in [6.07, 6.45) is 6.36. The van der Waals surface area contributed by atoms with Gasteiger partial charge < -0.3 is 9.88 Å². The first-order valence-electron chi connectivity index (χ1n) is 6.40. The van der Waals surface area contributed by atoms with Gasteiger partial charge in [-0.05, 0) is 25.9 Å². The molecule has 0 aliphatic carbocycles. The number of likely N-dealkylation sites (tertiary alicyclic amines) is 1. The van der Waals surface area contributed by atoms with Crippen molar-refractivity contribution in [2.24, 2.45) is 0 Å². The number of imidazole rings is 1. The number of nitrogens with one attached hydrogen (secondary N) is 1. The van der Waals surface area contributed by atoms with Gasteiger partial charge >= 0.3 is 0 Å². The molecule has 1 aromatic rings. The van der Waals surface area contributed by atoms with Crippen LogP contribution in [0.2, 0.25) is 0 Å². The maximum absolute atomic E-state index is 4.70. The van der Waals surface area contributed by atoms with Crippen LogP contribution in [0.1, 0.15) is 30.8 Å². The van der Waals surface area contributed by atoms with Gasteiger partial charge in [0.1, 0.15) is 5.82 Å². The van der Waals surface area contributed by atoms with E-state index in [0.29, 0.717) is 0 Å². The molecular weight excluding hydrogens is 200 g/mol. The summed E-state index contributed by atoms with van der Waals surface area (Å²) in [7, 11) is 0. The maximum Gasteiger partial charge on any atom is 0.123 e. The summed E-state index contributed by atoms with van der Waals surface area (Å²) < 4.78 is 2.30. The van der Waals surface area contributed by atoms with E-state index >= 15 is 0 Å². The predicted octanol–water partition coefficient (Wildman–Crippen LogP) is 0.972. The monoisotopic (exact) mass is 220 g/mol. The minimum absolute atomic E-state index is 0.931. The van der Waals surface area contributed by atoms with E-state index in [1.807, 2.05) is 0 Å². The van der Waals surface area contributed by atoms with Gasteiger partial charge in [0.05, 0.1) is 12.2 Å². The molecule has 0 aromatic carbocycles. The van der Waals surface area contributed by atoms with E-state index in [0.717, 1.165) is 26.2 Å². The van der Waals surface area contributed by atoms with Gasteiger partial charge in [-0.3, -0.25) is 4.90 Å². The van der Waals surface area contributed by atoms with Gasteiger partial charge in [0.2, 0.25) is 0 Å². The molecule has 0 spiro atoms. The maximum atomic E-state index is 4.70. The summed E-state index contributed by atoms with van der Waals surface area (Å²) in [6.45, 7) is 6.62. The molecule has 1 saturated heterocycles. The predicted molar refractivity (Wildman–Crippen MR) is 63.1 cm³/mol. The Morgan fingerprint density at radius 1 is 1.19 bits per heavy atom. The largest absolute Gasteiger partial charge is 0.332 e. The fraction of sp³-hybridized carbons (Fsp3) is 0.750. The second kappa shape index (κ2) is 4.55. The lowest BCUT2D eigenvalue weighted by atomic mass is 10.1. The molecule has 0 amide bonds. The molecule has 0 saturated carbocycles. The average Bonchev–Trinajstić information content (AvgIpc) is 2.72. The zero-order valence-electron chi connectivity index (χ0n) is 9.78. The van der Waals surface area contributed by atoms with Gasteiger partial charge in [0.15, 0.2) is 0 Å². The third-order valence-corrected chi connectivity index (χ3v) is 3.56. The SMILES string of the molecule is c1c(CN2CCCCC2)nc2n1CCNC2. The van der Waals surface area contributed by atoms with Gasteiger partial charge in [-0.25, -0.2) is 4.98 Å². The normalized spacial score (nSPS) is 22.0. The van der Waals surface area contributed by atoms with Crippen LogP contribution in [-0.2, 0) is 19.6 Å². The zero-order valence-corrected chi connectivity index (χ0v) is 9.78. The van der Waals surface area contributed by atoms with Gasteiger partial charge in [-0.1, -0.05) is 6.42 Å². The quantitative estimate of drug-likeness (QED) is 0.806. The number of aromatic nitrogens is 2. The standard InChI is InChI=1S/C12H20N4/c1-2-5-15(6-3-1)9-11-10-16-7-4-13-8-12(16)14-11/h10,13H,1-9H2. The van der Waals surface area contributed by atoms with Crippen molar-refractivity contribution in [2.45, 2.75) is 38.9 Å². The summed E-state index contributed by atoms with van der Waals surface area (Å²) in [5.74, 6) is 1.21. The molecule has 4 nitrogen and oxygen atoms in total. The summed E-state index contributed by atoms with van der Waals surface area (Å²) in [6, 6.07) is 0. The molecule has 0 radical (unpaired) electrons. The first-order chi connectivity index (χ1) is 7.92. The van der Waals surface area contributed by atoms with Gasteiger partial charge in [0.25, 0.3) is 0 Å². The summed E-state index contributed by atoms with van der Waals surface area (Å²) in [5, 5.41) is 3.36. The zero-order chi connectivity index (χ0) is 10.8. The van der Waals surface area contributed by atoms with Gasteiger partial charge in [0, 0.05) is 25.8 Å². The van der Waals surface area contributed by atoms with Crippen molar-refractivity contribution in [1.29, 1.82) is 0 Å². The highest BCUT2D eigenvalue weighted by Gasteiger charge is 2.15. The Balaban J connectivity index is 1.67. The summed E-state index contributed by atoms with van der Waals surface area (Å²) in [5.41, 5.74) is 1.25. The molecule has 1 N–H and O–H groups in total. The minimum Gasteiger partial charge on any atom is -0.332 e. The number of hydrogen-bond acceptors (Lipinski definition) is 3. The molecule has 0 unspecified atom stereocenters. The van der Waals surface area contributed by atoms with Crippen molar-refractivity contribution in [3.63, 3.8) is 0 Å². The Bertz CT molecular complexity index is 328.